The van der Waals surface area contributed by atoms with Gasteiger partial charge in [0.25, 0.3) is 0 Å². The lowest BCUT2D eigenvalue weighted by molar-refractivity contribution is -0.124. The van der Waals surface area contributed by atoms with E-state index in [0.29, 0.717) is 11.4 Å². The van der Waals surface area contributed by atoms with E-state index in [0.717, 1.165) is 22.3 Å². The number of hydrogen-bond acceptors (Lipinski definition) is 7. The molecule has 0 aliphatic heterocycles. The largest absolute Gasteiger partial charge is 0.476 e. The molecule has 1 aliphatic rings. The predicted molar refractivity (Wildman–Crippen MR) is 130 cm³/mol. The van der Waals surface area contributed by atoms with Gasteiger partial charge in [0.1, 0.15) is 12.6 Å². The standard InChI is InChI=1S/C25H25N3O6S/c1-33-13-20(23(29)26-11-10-22-27-21(14-35-22)24(30)31)28-25(32)34-12-19-17-8-4-2-6-15(17)16-7-3-5-9-18(16)19/h2-9,14,19-20H,10-13H2,1H3,(H,26,29)(H,28,32)(H,30,31)/t20-/m0/s1. The summed E-state index contributed by atoms with van der Waals surface area (Å²) in [5.41, 5.74) is 4.43. The zero-order valence-corrected chi connectivity index (χ0v) is 19.8. The van der Waals surface area contributed by atoms with E-state index >= 15 is 0 Å². The topological polar surface area (TPSA) is 127 Å². The number of amides is 2. The van der Waals surface area contributed by atoms with Crippen molar-refractivity contribution in [3.8, 4) is 11.1 Å². The van der Waals surface area contributed by atoms with Crippen LogP contribution in [0.4, 0.5) is 4.79 Å². The molecule has 35 heavy (non-hydrogen) atoms. The molecule has 0 fully saturated rings. The summed E-state index contributed by atoms with van der Waals surface area (Å²) in [4.78, 5) is 40.0. The van der Waals surface area contributed by atoms with Crippen LogP contribution in [-0.2, 0) is 20.7 Å². The maximum absolute atomic E-state index is 12.6. The lowest BCUT2D eigenvalue weighted by Gasteiger charge is -2.19. The van der Waals surface area contributed by atoms with Crippen molar-refractivity contribution in [2.75, 3.05) is 26.9 Å². The van der Waals surface area contributed by atoms with Gasteiger partial charge in [-0.15, -0.1) is 11.3 Å². The Balaban J connectivity index is 1.31. The van der Waals surface area contributed by atoms with Crippen molar-refractivity contribution in [2.24, 2.45) is 0 Å². The minimum absolute atomic E-state index is 0.0227. The van der Waals surface area contributed by atoms with Crippen LogP contribution >= 0.6 is 11.3 Å². The van der Waals surface area contributed by atoms with Crippen LogP contribution in [0.25, 0.3) is 11.1 Å². The molecule has 9 nitrogen and oxygen atoms in total. The van der Waals surface area contributed by atoms with E-state index in [4.69, 9.17) is 14.6 Å². The van der Waals surface area contributed by atoms with Crippen molar-refractivity contribution in [2.45, 2.75) is 18.4 Å². The third-order valence-electron chi connectivity index (χ3n) is 5.69. The van der Waals surface area contributed by atoms with Gasteiger partial charge in [-0.1, -0.05) is 48.5 Å². The molecule has 0 radical (unpaired) electrons. The van der Waals surface area contributed by atoms with Crippen LogP contribution in [0.1, 0.15) is 32.5 Å². The first-order valence-corrected chi connectivity index (χ1v) is 11.9. The number of fused-ring (bicyclic) bond motifs is 3. The number of aromatic nitrogens is 1. The van der Waals surface area contributed by atoms with Gasteiger partial charge >= 0.3 is 12.1 Å². The van der Waals surface area contributed by atoms with E-state index in [2.05, 4.69) is 27.8 Å². The molecule has 1 atom stereocenters. The number of carbonyl (C=O) groups excluding carboxylic acids is 2. The number of carboxylic acids is 1. The number of methoxy groups -OCH3 is 1. The second-order valence-corrected chi connectivity index (χ2v) is 8.89. The summed E-state index contributed by atoms with van der Waals surface area (Å²) in [5, 5.41) is 16.3. The summed E-state index contributed by atoms with van der Waals surface area (Å²) in [5.74, 6) is -1.61. The van der Waals surface area contributed by atoms with Crippen molar-refractivity contribution in [3.63, 3.8) is 0 Å². The minimum atomic E-state index is -1.09. The average molecular weight is 496 g/mol. The summed E-state index contributed by atoms with van der Waals surface area (Å²) in [7, 11) is 1.43. The first-order chi connectivity index (χ1) is 17.0. The molecule has 4 rings (SSSR count). The number of ether oxygens (including phenoxy) is 2. The first kappa shape index (κ1) is 24.4. The predicted octanol–water partition coefficient (Wildman–Crippen LogP) is 3.05. The van der Waals surface area contributed by atoms with E-state index in [1.54, 1.807) is 0 Å². The molecule has 0 spiro atoms. The normalized spacial score (nSPS) is 12.9. The molecule has 1 aromatic heterocycles. The number of nitrogens with zero attached hydrogens (tertiary/aromatic N) is 1. The van der Waals surface area contributed by atoms with Gasteiger partial charge in [0.05, 0.1) is 11.6 Å². The molecule has 0 saturated heterocycles. The molecule has 3 aromatic rings. The van der Waals surface area contributed by atoms with Crippen LogP contribution in [0.3, 0.4) is 0 Å². The number of carboxylic acid groups (broad SMARTS) is 1. The number of nitrogens with one attached hydrogen (secondary N) is 2. The highest BCUT2D eigenvalue weighted by Gasteiger charge is 2.29. The Bertz CT molecular complexity index is 1180. The number of rotatable bonds is 10. The van der Waals surface area contributed by atoms with Crippen LogP contribution in [-0.4, -0.2) is 61.0 Å². The first-order valence-electron chi connectivity index (χ1n) is 11.0. The van der Waals surface area contributed by atoms with Crippen LogP contribution in [0, 0.1) is 0 Å². The lowest BCUT2D eigenvalue weighted by atomic mass is 9.98. The van der Waals surface area contributed by atoms with Gasteiger partial charge in [0.15, 0.2) is 5.69 Å². The maximum Gasteiger partial charge on any atom is 0.407 e. The Morgan fingerprint density at radius 2 is 1.74 bits per heavy atom. The Kier molecular flexibility index (Phi) is 7.74. The Morgan fingerprint density at radius 1 is 1.09 bits per heavy atom. The van der Waals surface area contributed by atoms with Crippen molar-refractivity contribution in [1.82, 2.24) is 15.6 Å². The zero-order chi connectivity index (χ0) is 24.8. The lowest BCUT2D eigenvalue weighted by Crippen LogP contribution is -2.49. The molecule has 0 bridgehead atoms. The number of aromatic carboxylic acids is 1. The van der Waals surface area contributed by atoms with Crippen LogP contribution < -0.4 is 10.6 Å². The summed E-state index contributed by atoms with van der Waals surface area (Å²) in [6, 6.07) is 15.1. The Hall–Kier alpha value is -3.76. The molecule has 2 aromatic carbocycles. The van der Waals surface area contributed by atoms with Crippen molar-refractivity contribution in [1.29, 1.82) is 0 Å². The minimum Gasteiger partial charge on any atom is -0.476 e. The summed E-state index contributed by atoms with van der Waals surface area (Å²) in [6.07, 6.45) is -0.344. The number of alkyl carbamates (subject to hydrolysis) is 1. The highest BCUT2D eigenvalue weighted by molar-refractivity contribution is 7.09. The molecule has 1 heterocycles. The average Bonchev–Trinajstić information content (AvgIpc) is 3.46. The maximum atomic E-state index is 12.6. The molecule has 0 saturated carbocycles. The fraction of sp³-hybridized carbons (Fsp3) is 0.280. The van der Waals surface area contributed by atoms with Crippen molar-refractivity contribution < 1.29 is 29.0 Å². The molecule has 10 heteroatoms. The van der Waals surface area contributed by atoms with E-state index in [1.165, 1.54) is 23.8 Å². The molecule has 3 N–H and O–H groups in total. The van der Waals surface area contributed by atoms with Crippen molar-refractivity contribution >= 4 is 29.3 Å². The molecular weight excluding hydrogens is 470 g/mol. The fourth-order valence-electron chi connectivity index (χ4n) is 4.07. The van der Waals surface area contributed by atoms with Gasteiger partial charge in [0, 0.05) is 31.4 Å². The van der Waals surface area contributed by atoms with E-state index in [1.807, 2.05) is 36.4 Å². The van der Waals surface area contributed by atoms with Crippen molar-refractivity contribution in [3.05, 3.63) is 75.7 Å². The van der Waals surface area contributed by atoms with Crippen LogP contribution in [0.2, 0.25) is 0 Å². The number of hydrogen-bond donors (Lipinski definition) is 3. The Morgan fingerprint density at radius 3 is 2.34 bits per heavy atom. The van der Waals surface area contributed by atoms with E-state index in [-0.39, 0.29) is 31.4 Å². The fourth-order valence-corrected chi connectivity index (χ4v) is 4.84. The summed E-state index contributed by atoms with van der Waals surface area (Å²) in [6.45, 7) is 0.339. The molecular formula is C25H25N3O6S. The third-order valence-corrected chi connectivity index (χ3v) is 6.60. The van der Waals surface area contributed by atoms with Gasteiger partial charge in [-0.25, -0.2) is 14.6 Å². The number of benzene rings is 2. The highest BCUT2D eigenvalue weighted by Crippen LogP contribution is 2.44. The number of thiazole rings is 1. The van der Waals surface area contributed by atoms with Crippen LogP contribution in [0.15, 0.2) is 53.9 Å². The monoisotopic (exact) mass is 495 g/mol. The van der Waals surface area contributed by atoms with E-state index < -0.39 is 24.0 Å². The summed E-state index contributed by atoms with van der Waals surface area (Å²) < 4.78 is 10.6. The zero-order valence-electron chi connectivity index (χ0n) is 19.0. The number of carbonyl (C=O) groups is 3. The summed E-state index contributed by atoms with van der Waals surface area (Å²) >= 11 is 1.21. The van der Waals surface area contributed by atoms with Gasteiger partial charge in [-0.2, -0.15) is 0 Å². The SMILES string of the molecule is COC[C@H](NC(=O)OCC1c2ccccc2-c2ccccc21)C(=O)NCCc1nc(C(=O)O)cs1. The van der Waals surface area contributed by atoms with Crippen LogP contribution in [0.5, 0.6) is 0 Å². The molecule has 0 unspecified atom stereocenters. The quantitative estimate of drug-likeness (QED) is 0.395. The van der Waals surface area contributed by atoms with Gasteiger partial charge in [-0.05, 0) is 22.3 Å². The van der Waals surface area contributed by atoms with Gasteiger partial charge in [0.2, 0.25) is 5.91 Å². The molecule has 2 amide bonds. The second-order valence-electron chi connectivity index (χ2n) is 7.95. The molecule has 182 valence electrons. The second kappa shape index (κ2) is 11.1. The highest BCUT2D eigenvalue weighted by atomic mass is 32.1. The Labute approximate surface area is 206 Å². The third kappa shape index (κ3) is 5.67. The van der Waals surface area contributed by atoms with Gasteiger partial charge in [-0.3, -0.25) is 4.79 Å². The smallest absolute Gasteiger partial charge is 0.407 e. The van der Waals surface area contributed by atoms with E-state index in [9.17, 15) is 14.4 Å². The van der Waals surface area contributed by atoms with Gasteiger partial charge < -0.3 is 25.2 Å². The molecule has 1 aliphatic carbocycles.